The van der Waals surface area contributed by atoms with E-state index in [1.54, 1.807) is 4.90 Å². The van der Waals surface area contributed by atoms with Crippen molar-refractivity contribution in [2.24, 2.45) is 0 Å². The Labute approximate surface area is 213 Å². The van der Waals surface area contributed by atoms with Crippen molar-refractivity contribution in [2.45, 2.75) is 97.3 Å². The molecule has 1 aliphatic carbocycles. The van der Waals surface area contributed by atoms with E-state index in [4.69, 9.17) is 0 Å². The summed E-state index contributed by atoms with van der Waals surface area (Å²) in [6.07, 6.45) is 10.1. The van der Waals surface area contributed by atoms with Crippen molar-refractivity contribution < 1.29 is 9.59 Å². The van der Waals surface area contributed by atoms with Gasteiger partial charge in [-0.1, -0.05) is 60.7 Å². The molecule has 0 unspecified atom stereocenters. The van der Waals surface area contributed by atoms with Crippen LogP contribution in [0.3, 0.4) is 0 Å². The van der Waals surface area contributed by atoms with E-state index in [1.165, 1.54) is 12.0 Å². The molecule has 5 nitrogen and oxygen atoms in total. The second-order valence-electron chi connectivity index (χ2n) is 9.79. The van der Waals surface area contributed by atoms with E-state index >= 15 is 0 Å². The molecule has 34 heavy (non-hydrogen) atoms. The number of rotatable bonds is 11. The van der Waals surface area contributed by atoms with Gasteiger partial charge in [-0.15, -0.1) is 0 Å². The van der Waals surface area contributed by atoms with E-state index in [9.17, 15) is 9.59 Å². The molecule has 0 radical (unpaired) electrons. The highest BCUT2D eigenvalue weighted by atomic mass is 79.9. The molecule has 0 atom stereocenters. The third-order valence-electron chi connectivity index (χ3n) is 6.85. The fourth-order valence-corrected chi connectivity index (χ4v) is 5.05. The minimum absolute atomic E-state index is 0.0165. The number of amides is 2. The monoisotopic (exact) mass is 529 g/mol. The van der Waals surface area contributed by atoms with Gasteiger partial charge < -0.3 is 14.4 Å². The Morgan fingerprint density at radius 1 is 1.06 bits per heavy atom. The first-order chi connectivity index (χ1) is 16.4. The van der Waals surface area contributed by atoms with Crippen molar-refractivity contribution in [3.63, 3.8) is 0 Å². The van der Waals surface area contributed by atoms with E-state index < -0.39 is 0 Å². The second-order valence-corrected chi connectivity index (χ2v) is 10.7. The van der Waals surface area contributed by atoms with Crippen molar-refractivity contribution in [1.29, 1.82) is 0 Å². The summed E-state index contributed by atoms with van der Waals surface area (Å²) in [5.41, 5.74) is 2.36. The van der Waals surface area contributed by atoms with Crippen LogP contribution in [0.5, 0.6) is 0 Å². The molecule has 1 fully saturated rings. The largest absolute Gasteiger partial charge is 0.345 e. The van der Waals surface area contributed by atoms with Crippen LogP contribution in [0.2, 0.25) is 0 Å². The molecule has 0 N–H and O–H groups in total. The highest BCUT2D eigenvalue weighted by Crippen LogP contribution is 2.25. The standard InChI is InChI=1S/C28H40BrN3O2/c1-4-5-13-27(33)31(22(2)3)21-28(34)32(25-10-7-6-8-11-25)20-26-12-9-18-30(26)19-23-14-16-24(29)17-15-23/h9,12,14-18,22,25H,4-8,10-11,13,19-21H2,1-3H3. The predicted molar refractivity (Wildman–Crippen MR) is 141 cm³/mol. The maximum absolute atomic E-state index is 13.7. The van der Waals surface area contributed by atoms with Crippen LogP contribution in [-0.4, -0.2) is 44.8 Å². The van der Waals surface area contributed by atoms with Crippen LogP contribution in [0.4, 0.5) is 0 Å². The summed E-state index contributed by atoms with van der Waals surface area (Å²) in [4.78, 5) is 30.3. The van der Waals surface area contributed by atoms with Crippen molar-refractivity contribution in [3.8, 4) is 0 Å². The van der Waals surface area contributed by atoms with Gasteiger partial charge in [0.25, 0.3) is 0 Å². The molecular weight excluding hydrogens is 490 g/mol. The minimum atomic E-state index is 0.0165. The first kappa shape index (κ1) is 26.5. The number of aromatic nitrogens is 1. The Morgan fingerprint density at radius 2 is 1.76 bits per heavy atom. The molecule has 2 amide bonds. The zero-order chi connectivity index (χ0) is 24.5. The van der Waals surface area contributed by atoms with Crippen LogP contribution in [0.25, 0.3) is 0 Å². The summed E-state index contributed by atoms with van der Waals surface area (Å²) < 4.78 is 3.31. The fourth-order valence-electron chi connectivity index (χ4n) is 4.79. The normalized spacial score (nSPS) is 14.4. The number of hydrogen-bond acceptors (Lipinski definition) is 2. The number of hydrogen-bond donors (Lipinski definition) is 0. The minimum Gasteiger partial charge on any atom is -0.345 e. The number of carbonyl (C=O) groups is 2. The smallest absolute Gasteiger partial charge is 0.242 e. The summed E-state index contributed by atoms with van der Waals surface area (Å²) >= 11 is 3.51. The average molecular weight is 531 g/mol. The SMILES string of the molecule is CCCCC(=O)N(CC(=O)N(Cc1cccn1Cc1ccc(Br)cc1)C1CCCCC1)C(C)C. The van der Waals surface area contributed by atoms with Gasteiger partial charge in [0.05, 0.1) is 13.1 Å². The first-order valence-corrected chi connectivity index (χ1v) is 13.7. The fraction of sp³-hybridized carbons (Fsp3) is 0.571. The Bertz CT molecular complexity index is 916. The van der Waals surface area contributed by atoms with E-state index in [-0.39, 0.29) is 30.4 Å². The number of nitrogens with zero attached hydrogens (tertiary/aromatic N) is 3. The van der Waals surface area contributed by atoms with Gasteiger partial charge >= 0.3 is 0 Å². The van der Waals surface area contributed by atoms with E-state index in [1.807, 2.05) is 13.8 Å². The van der Waals surface area contributed by atoms with Crippen LogP contribution < -0.4 is 0 Å². The summed E-state index contributed by atoms with van der Waals surface area (Å²) in [5, 5.41) is 0. The molecule has 0 saturated heterocycles. The number of carbonyl (C=O) groups excluding carboxylic acids is 2. The topological polar surface area (TPSA) is 45.6 Å². The maximum atomic E-state index is 13.7. The van der Waals surface area contributed by atoms with Crippen LogP contribution in [0, 0.1) is 0 Å². The van der Waals surface area contributed by atoms with Gasteiger partial charge in [-0.25, -0.2) is 0 Å². The van der Waals surface area contributed by atoms with Crippen LogP contribution in [-0.2, 0) is 22.7 Å². The van der Waals surface area contributed by atoms with E-state index in [2.05, 4.69) is 74.9 Å². The molecule has 0 spiro atoms. The van der Waals surface area contributed by atoms with Crippen LogP contribution in [0.15, 0.2) is 47.1 Å². The maximum Gasteiger partial charge on any atom is 0.242 e. The molecule has 1 aromatic heterocycles. The quantitative estimate of drug-likeness (QED) is 0.338. The molecule has 1 aliphatic rings. The summed E-state index contributed by atoms with van der Waals surface area (Å²) in [6, 6.07) is 12.8. The summed E-state index contributed by atoms with van der Waals surface area (Å²) in [6.45, 7) is 7.63. The van der Waals surface area contributed by atoms with Gasteiger partial charge in [-0.3, -0.25) is 9.59 Å². The Hall–Kier alpha value is -2.08. The van der Waals surface area contributed by atoms with Gasteiger partial charge in [0.1, 0.15) is 0 Å². The van der Waals surface area contributed by atoms with Crippen molar-refractivity contribution >= 4 is 27.7 Å². The molecule has 3 rings (SSSR count). The molecule has 1 saturated carbocycles. The number of halogens is 1. The summed E-state index contributed by atoms with van der Waals surface area (Å²) in [5.74, 6) is 0.161. The van der Waals surface area contributed by atoms with Gasteiger partial charge in [-0.05, 0) is 62.9 Å². The zero-order valence-electron chi connectivity index (χ0n) is 21.0. The average Bonchev–Trinajstić information content (AvgIpc) is 3.27. The first-order valence-electron chi connectivity index (χ1n) is 12.9. The van der Waals surface area contributed by atoms with Crippen LogP contribution in [0.1, 0.15) is 83.4 Å². The third-order valence-corrected chi connectivity index (χ3v) is 7.38. The van der Waals surface area contributed by atoms with Gasteiger partial charge in [0, 0.05) is 41.4 Å². The van der Waals surface area contributed by atoms with Crippen LogP contribution >= 0.6 is 15.9 Å². The van der Waals surface area contributed by atoms with Crippen molar-refractivity contribution in [3.05, 3.63) is 58.3 Å². The highest BCUT2D eigenvalue weighted by Gasteiger charge is 2.29. The lowest BCUT2D eigenvalue weighted by Gasteiger charge is -2.37. The predicted octanol–water partition coefficient (Wildman–Crippen LogP) is 6.39. The highest BCUT2D eigenvalue weighted by molar-refractivity contribution is 9.10. The lowest BCUT2D eigenvalue weighted by molar-refractivity contribution is -0.144. The molecular formula is C28H40BrN3O2. The van der Waals surface area contributed by atoms with E-state index in [0.29, 0.717) is 13.0 Å². The molecule has 0 aliphatic heterocycles. The van der Waals surface area contributed by atoms with Gasteiger partial charge in [-0.2, -0.15) is 0 Å². The number of benzene rings is 1. The second kappa shape index (κ2) is 13.1. The molecule has 186 valence electrons. The molecule has 2 aromatic rings. The molecule has 1 aromatic carbocycles. The third kappa shape index (κ3) is 7.46. The Morgan fingerprint density at radius 3 is 2.41 bits per heavy atom. The summed E-state index contributed by atoms with van der Waals surface area (Å²) in [7, 11) is 0. The Balaban J connectivity index is 1.77. The lowest BCUT2D eigenvalue weighted by atomic mass is 9.94. The van der Waals surface area contributed by atoms with Gasteiger partial charge in [0.15, 0.2) is 0 Å². The number of unbranched alkanes of at least 4 members (excludes halogenated alkanes) is 1. The van der Waals surface area contributed by atoms with Crippen molar-refractivity contribution in [1.82, 2.24) is 14.4 Å². The molecule has 0 bridgehead atoms. The van der Waals surface area contributed by atoms with Crippen molar-refractivity contribution in [2.75, 3.05) is 6.54 Å². The zero-order valence-corrected chi connectivity index (χ0v) is 22.6. The van der Waals surface area contributed by atoms with Gasteiger partial charge in [0.2, 0.25) is 11.8 Å². The lowest BCUT2D eigenvalue weighted by Crippen LogP contribution is -2.49. The Kier molecular flexibility index (Phi) is 10.2. The van der Waals surface area contributed by atoms with E-state index in [0.717, 1.165) is 55.2 Å². The molecule has 6 heteroatoms. The molecule has 1 heterocycles.